The maximum Gasteiger partial charge on any atom is 0.165 e. The van der Waals surface area contributed by atoms with Crippen LogP contribution in [0, 0.1) is 11.6 Å². The summed E-state index contributed by atoms with van der Waals surface area (Å²) in [5.74, 6) is -0.654. The minimum absolute atomic E-state index is 0.133. The van der Waals surface area contributed by atoms with E-state index in [0.717, 1.165) is 4.47 Å². The molecule has 0 saturated carbocycles. The second-order valence-corrected chi connectivity index (χ2v) is 5.30. The summed E-state index contributed by atoms with van der Waals surface area (Å²) in [5.41, 5.74) is 7.09. The van der Waals surface area contributed by atoms with Crippen LogP contribution >= 0.6 is 15.9 Å². The molecule has 0 fully saturated rings. The molecule has 6 heteroatoms. The number of nitrogens with two attached hydrogens (primary N) is 1. The summed E-state index contributed by atoms with van der Waals surface area (Å²) in [6.45, 7) is 0.252. The van der Waals surface area contributed by atoms with Gasteiger partial charge >= 0.3 is 0 Å². The Kier molecular flexibility index (Phi) is 5.14. The first-order valence-electron chi connectivity index (χ1n) is 6.30. The quantitative estimate of drug-likeness (QED) is 0.855. The molecule has 0 aliphatic carbocycles. The average molecular weight is 357 g/mol. The summed E-state index contributed by atoms with van der Waals surface area (Å²) in [7, 11) is 1.39. The Morgan fingerprint density at radius 2 is 2.00 bits per heavy atom. The summed E-state index contributed by atoms with van der Waals surface area (Å²) < 4.78 is 32.5. The molecule has 0 aliphatic rings. The molecule has 1 atom stereocenters. The molecule has 2 aromatic rings. The molecule has 3 N–H and O–H groups in total. The van der Waals surface area contributed by atoms with E-state index in [2.05, 4.69) is 21.2 Å². The van der Waals surface area contributed by atoms with Crippen molar-refractivity contribution < 1.29 is 13.5 Å². The van der Waals surface area contributed by atoms with Crippen molar-refractivity contribution in [3.63, 3.8) is 0 Å². The summed E-state index contributed by atoms with van der Waals surface area (Å²) >= 11 is 3.38. The van der Waals surface area contributed by atoms with Crippen molar-refractivity contribution >= 4 is 21.6 Å². The lowest BCUT2D eigenvalue weighted by Crippen LogP contribution is -2.21. The van der Waals surface area contributed by atoms with E-state index >= 15 is 0 Å². The molecule has 0 saturated heterocycles. The molecular weight excluding hydrogens is 342 g/mol. The Hall–Kier alpha value is -1.66. The zero-order valence-corrected chi connectivity index (χ0v) is 13.0. The minimum atomic E-state index is -0.445. The van der Waals surface area contributed by atoms with Gasteiger partial charge in [-0.25, -0.2) is 8.78 Å². The smallest absolute Gasteiger partial charge is 0.165 e. The summed E-state index contributed by atoms with van der Waals surface area (Å²) in [6, 6.07) is 8.50. The van der Waals surface area contributed by atoms with Gasteiger partial charge < -0.3 is 15.8 Å². The van der Waals surface area contributed by atoms with Crippen LogP contribution in [0.15, 0.2) is 40.9 Å². The summed E-state index contributed by atoms with van der Waals surface area (Å²) in [4.78, 5) is 0. The fraction of sp³-hybridized carbons (Fsp3) is 0.200. The lowest BCUT2D eigenvalue weighted by atomic mass is 10.1. The summed E-state index contributed by atoms with van der Waals surface area (Å²) in [6.07, 6.45) is 0. The molecule has 112 valence electrons. The van der Waals surface area contributed by atoms with Gasteiger partial charge in [0.15, 0.2) is 11.6 Å². The van der Waals surface area contributed by atoms with Crippen LogP contribution in [0.3, 0.4) is 0 Å². The standard InChI is InChI=1S/C15H15BrF2N2O/c1-21-15-7-10(3-5-13(15)18)20-14(8-19)11-6-9(17)2-4-12(11)16/h2-7,14,20H,8,19H2,1H3. The second-order valence-electron chi connectivity index (χ2n) is 4.45. The third-order valence-corrected chi connectivity index (χ3v) is 3.78. The molecule has 0 bridgehead atoms. The Morgan fingerprint density at radius 1 is 1.24 bits per heavy atom. The highest BCUT2D eigenvalue weighted by Crippen LogP contribution is 2.29. The number of methoxy groups -OCH3 is 1. The number of anilines is 1. The molecule has 0 radical (unpaired) electrons. The third-order valence-electron chi connectivity index (χ3n) is 3.06. The molecule has 2 aromatic carbocycles. The first-order valence-corrected chi connectivity index (χ1v) is 7.09. The van der Waals surface area contributed by atoms with E-state index < -0.39 is 5.82 Å². The number of ether oxygens (including phenoxy) is 1. The van der Waals surface area contributed by atoms with Crippen LogP contribution in [-0.4, -0.2) is 13.7 Å². The molecular formula is C15H15BrF2N2O. The zero-order chi connectivity index (χ0) is 15.4. The number of nitrogens with one attached hydrogen (secondary N) is 1. The van der Waals surface area contributed by atoms with E-state index in [9.17, 15) is 8.78 Å². The van der Waals surface area contributed by atoms with Gasteiger partial charge in [-0.1, -0.05) is 15.9 Å². The van der Waals surface area contributed by atoms with Gasteiger partial charge in [0.25, 0.3) is 0 Å². The van der Waals surface area contributed by atoms with Gasteiger partial charge in [-0.15, -0.1) is 0 Å². The van der Waals surface area contributed by atoms with Gasteiger partial charge in [0, 0.05) is 22.8 Å². The molecule has 0 amide bonds. The summed E-state index contributed by atoms with van der Waals surface area (Å²) in [5, 5.41) is 3.15. The van der Waals surface area contributed by atoms with Gasteiger partial charge in [0.2, 0.25) is 0 Å². The predicted octanol–water partition coefficient (Wildman–Crippen LogP) is 3.85. The predicted molar refractivity (Wildman–Crippen MR) is 82.5 cm³/mol. The lowest BCUT2D eigenvalue weighted by molar-refractivity contribution is 0.386. The van der Waals surface area contributed by atoms with Crippen LogP contribution in [0.2, 0.25) is 0 Å². The molecule has 2 rings (SSSR count). The Bertz CT molecular complexity index is 637. The molecule has 0 spiro atoms. The largest absolute Gasteiger partial charge is 0.494 e. The Balaban J connectivity index is 2.29. The average Bonchev–Trinajstić information content (AvgIpc) is 2.49. The van der Waals surface area contributed by atoms with Crippen molar-refractivity contribution in [2.45, 2.75) is 6.04 Å². The van der Waals surface area contributed by atoms with Gasteiger partial charge in [-0.05, 0) is 35.9 Å². The maximum atomic E-state index is 13.4. The number of hydrogen-bond donors (Lipinski definition) is 2. The van der Waals surface area contributed by atoms with Gasteiger partial charge in [0.05, 0.1) is 13.2 Å². The highest BCUT2D eigenvalue weighted by molar-refractivity contribution is 9.10. The fourth-order valence-electron chi connectivity index (χ4n) is 2.00. The van der Waals surface area contributed by atoms with Crippen molar-refractivity contribution in [2.24, 2.45) is 5.73 Å². The zero-order valence-electron chi connectivity index (χ0n) is 11.4. The van der Waals surface area contributed by atoms with Crippen LogP contribution < -0.4 is 15.8 Å². The number of halogens is 3. The first kappa shape index (κ1) is 15.7. The van der Waals surface area contributed by atoms with Crippen molar-refractivity contribution in [1.82, 2.24) is 0 Å². The molecule has 3 nitrogen and oxygen atoms in total. The fourth-order valence-corrected chi connectivity index (χ4v) is 2.52. The monoisotopic (exact) mass is 356 g/mol. The molecule has 0 aliphatic heterocycles. The van der Waals surface area contributed by atoms with E-state index in [1.807, 2.05) is 0 Å². The third kappa shape index (κ3) is 3.71. The van der Waals surface area contributed by atoms with E-state index in [4.69, 9.17) is 10.5 Å². The molecule has 1 unspecified atom stereocenters. The lowest BCUT2D eigenvalue weighted by Gasteiger charge is -2.20. The number of rotatable bonds is 5. The normalized spacial score (nSPS) is 12.0. The molecule has 0 heterocycles. The van der Waals surface area contributed by atoms with Crippen LogP contribution in [0.25, 0.3) is 0 Å². The van der Waals surface area contributed by atoms with Gasteiger partial charge in [-0.2, -0.15) is 0 Å². The van der Waals surface area contributed by atoms with Crippen molar-refractivity contribution in [3.05, 3.63) is 58.1 Å². The van der Waals surface area contributed by atoms with E-state index in [1.165, 1.54) is 31.4 Å². The number of benzene rings is 2. The first-order chi connectivity index (χ1) is 10.0. The van der Waals surface area contributed by atoms with E-state index in [0.29, 0.717) is 11.3 Å². The van der Waals surface area contributed by atoms with Gasteiger partial charge in [0.1, 0.15) is 5.82 Å². The maximum absolute atomic E-state index is 13.4. The Morgan fingerprint density at radius 3 is 2.67 bits per heavy atom. The van der Waals surface area contributed by atoms with Crippen molar-refractivity contribution in [1.29, 1.82) is 0 Å². The number of hydrogen-bond acceptors (Lipinski definition) is 3. The van der Waals surface area contributed by atoms with E-state index in [1.54, 1.807) is 12.1 Å². The molecule has 0 aromatic heterocycles. The van der Waals surface area contributed by atoms with Crippen LogP contribution in [0.4, 0.5) is 14.5 Å². The minimum Gasteiger partial charge on any atom is -0.494 e. The van der Waals surface area contributed by atoms with Gasteiger partial charge in [-0.3, -0.25) is 0 Å². The van der Waals surface area contributed by atoms with Crippen LogP contribution in [-0.2, 0) is 0 Å². The molecule has 21 heavy (non-hydrogen) atoms. The van der Waals surface area contributed by atoms with Crippen molar-refractivity contribution in [3.8, 4) is 5.75 Å². The highest BCUT2D eigenvalue weighted by atomic mass is 79.9. The van der Waals surface area contributed by atoms with Crippen LogP contribution in [0.1, 0.15) is 11.6 Å². The van der Waals surface area contributed by atoms with Crippen molar-refractivity contribution in [2.75, 3.05) is 19.0 Å². The van der Waals surface area contributed by atoms with Crippen LogP contribution in [0.5, 0.6) is 5.75 Å². The SMILES string of the molecule is COc1cc(NC(CN)c2cc(F)ccc2Br)ccc1F. The van der Waals surface area contributed by atoms with E-state index in [-0.39, 0.29) is 24.2 Å². The second kappa shape index (κ2) is 6.87. The highest BCUT2D eigenvalue weighted by Gasteiger charge is 2.15. The Labute approximate surface area is 130 Å². The topological polar surface area (TPSA) is 47.3 Å².